The number of aromatic hydroxyl groups is 2. The molecule has 56 heavy (non-hydrogen) atoms. The number of benzene rings is 3. The molecule has 2 fully saturated rings. The fourth-order valence-corrected chi connectivity index (χ4v) is 11.6. The molecule has 0 radical (unpaired) electrons. The summed E-state index contributed by atoms with van der Waals surface area (Å²) in [4.78, 5) is 29.1. The second kappa shape index (κ2) is 14.4. The second-order valence-corrected chi connectivity index (χ2v) is 16.7. The van der Waals surface area contributed by atoms with Gasteiger partial charge in [0.15, 0.2) is 45.8 Å². The molecule has 7 aliphatic heterocycles. The van der Waals surface area contributed by atoms with Crippen LogP contribution in [0.1, 0.15) is 88.0 Å². The lowest BCUT2D eigenvalue weighted by molar-refractivity contribution is -0.209. The summed E-state index contributed by atoms with van der Waals surface area (Å²) < 4.78 is 30.1. The summed E-state index contributed by atoms with van der Waals surface area (Å²) in [6.07, 6.45) is 2.86. The third-order valence-corrected chi connectivity index (χ3v) is 14.0. The number of aliphatic hydroxyl groups excluding tert-OH is 1. The molecule has 7 heterocycles. The summed E-state index contributed by atoms with van der Waals surface area (Å²) in [6.45, 7) is 6.66. The predicted molar refractivity (Wildman–Crippen MR) is 205 cm³/mol. The zero-order chi connectivity index (χ0) is 39.0. The third kappa shape index (κ3) is 5.52. The van der Waals surface area contributed by atoms with Crippen molar-refractivity contribution in [2.24, 2.45) is 0 Å². The number of nitrogens with one attached hydrogen (secondary N) is 2. The van der Waals surface area contributed by atoms with Crippen molar-refractivity contribution in [3.05, 3.63) is 62.7 Å². The van der Waals surface area contributed by atoms with Crippen molar-refractivity contribution < 1.29 is 53.6 Å². The summed E-state index contributed by atoms with van der Waals surface area (Å²) in [5, 5.41) is 41.9. The number of hydrogen-bond donors (Lipinski definition) is 5. The molecule has 4 bridgehead atoms. The average Bonchev–Trinajstić information content (AvgIpc) is 3.69. The number of phenols is 2. The first kappa shape index (κ1) is 37.5. The Morgan fingerprint density at radius 2 is 1.82 bits per heavy atom. The molecule has 0 aromatic heterocycles. The van der Waals surface area contributed by atoms with Gasteiger partial charge in [0.2, 0.25) is 6.79 Å². The van der Waals surface area contributed by atoms with Gasteiger partial charge in [0, 0.05) is 40.6 Å². The van der Waals surface area contributed by atoms with Crippen molar-refractivity contribution in [3.8, 4) is 40.2 Å². The highest BCUT2D eigenvalue weighted by molar-refractivity contribution is 7.99. The van der Waals surface area contributed by atoms with Crippen LogP contribution in [0, 0.1) is 13.8 Å². The van der Waals surface area contributed by atoms with E-state index in [2.05, 4.69) is 17.6 Å². The van der Waals surface area contributed by atoms with E-state index in [1.165, 1.54) is 18.9 Å². The number of carbonyl (C=O) groups excluding carboxylic acids is 1. The van der Waals surface area contributed by atoms with E-state index in [-0.39, 0.29) is 36.4 Å². The zero-order valence-electron chi connectivity index (χ0n) is 32.2. The molecule has 300 valence electrons. The monoisotopic (exact) mass is 791 g/mol. The number of carbonyl (C=O) groups is 1. The van der Waals surface area contributed by atoms with E-state index in [4.69, 9.17) is 33.5 Å². The molecule has 7 atom stereocenters. The van der Waals surface area contributed by atoms with Gasteiger partial charge in [0.05, 0.1) is 44.2 Å². The van der Waals surface area contributed by atoms with E-state index in [9.17, 15) is 20.1 Å². The third-order valence-electron chi connectivity index (χ3n) is 12.5. The first-order valence-electron chi connectivity index (χ1n) is 19.4. The lowest BCUT2D eigenvalue weighted by Gasteiger charge is -2.59. The standard InChI is InChI=1S/C41H49N3O11S/c1-6-7-8-11-54-55-35-20(3)36-37(53-18-52-36)29-25-16-51-40(48)41(23-15-27(49-4)26(45)14-21(23)9-10-42-41)17-56-38(30(29)35)32-31-28-22(12-19(2)34(50-5)33(28)46)13-24(43-31)39(47)44(25)32/h12,14-15,24-25,31-32,38-39,42-43,45-47H,6-11,13,16-18H2,1-5H3/t24?,25-,31?,32+,38+,39-,41+/m0/s1. The predicted octanol–water partition coefficient (Wildman–Crippen LogP) is 4.65. The van der Waals surface area contributed by atoms with Crippen LogP contribution in [0.15, 0.2) is 18.2 Å². The van der Waals surface area contributed by atoms with Gasteiger partial charge in [-0.25, -0.2) is 4.79 Å². The Bertz CT molecular complexity index is 2080. The fourth-order valence-electron chi connectivity index (χ4n) is 9.95. The zero-order valence-corrected chi connectivity index (χ0v) is 33.0. The smallest absolute Gasteiger partial charge is 0.331 e. The lowest BCUT2D eigenvalue weighted by atomic mass is 9.74. The lowest BCUT2D eigenvalue weighted by Crippen LogP contribution is -2.69. The highest BCUT2D eigenvalue weighted by atomic mass is 32.2. The second-order valence-electron chi connectivity index (χ2n) is 15.5. The van der Waals surface area contributed by atoms with Crippen LogP contribution < -0.4 is 34.5 Å². The highest BCUT2D eigenvalue weighted by Crippen LogP contribution is 2.63. The summed E-state index contributed by atoms with van der Waals surface area (Å²) in [6, 6.07) is 3.30. The summed E-state index contributed by atoms with van der Waals surface area (Å²) in [5.74, 6) is 1.96. The van der Waals surface area contributed by atoms with Gasteiger partial charge in [-0.05, 0) is 67.5 Å². The Morgan fingerprint density at radius 1 is 1.00 bits per heavy atom. The fraction of sp³-hybridized carbons (Fsp3) is 0.537. The van der Waals surface area contributed by atoms with Gasteiger partial charge in [-0.2, -0.15) is 4.89 Å². The van der Waals surface area contributed by atoms with E-state index >= 15 is 0 Å². The molecular formula is C41H49N3O11S. The maximum absolute atomic E-state index is 14.7. The minimum Gasteiger partial charge on any atom is -0.504 e. The van der Waals surface area contributed by atoms with E-state index in [1.54, 1.807) is 19.2 Å². The Labute approximate surface area is 329 Å². The van der Waals surface area contributed by atoms with Gasteiger partial charge in [0.25, 0.3) is 0 Å². The normalized spacial score (nSPS) is 28.5. The van der Waals surface area contributed by atoms with Crippen molar-refractivity contribution in [2.45, 2.75) is 94.1 Å². The summed E-state index contributed by atoms with van der Waals surface area (Å²) >= 11 is 1.53. The molecule has 10 rings (SSSR count). The van der Waals surface area contributed by atoms with E-state index in [0.29, 0.717) is 71.2 Å². The van der Waals surface area contributed by atoms with Crippen molar-refractivity contribution in [3.63, 3.8) is 0 Å². The molecule has 14 nitrogen and oxygen atoms in total. The SMILES string of the molecule is CCCCCOOc1c(C)c2c(c3c1[C@H]1SC[C@]4(NCCc5cc(O)c(OC)cc54)C(=O)OC[C@@H]3N3[C@@H]1C1NC(Cc4cc(C)c(OC)c(O)c41)[C@@H]3O)OCO2. The number of hydrogen-bond acceptors (Lipinski definition) is 15. The Hall–Kier alpha value is -4.12. The van der Waals surface area contributed by atoms with Crippen LogP contribution in [0.2, 0.25) is 0 Å². The molecule has 2 saturated heterocycles. The van der Waals surface area contributed by atoms with Gasteiger partial charge in [-0.15, -0.1) is 11.8 Å². The maximum atomic E-state index is 14.7. The number of ether oxygens (including phenoxy) is 5. The van der Waals surface area contributed by atoms with Crippen LogP contribution in [0.5, 0.6) is 40.2 Å². The molecule has 0 aliphatic carbocycles. The van der Waals surface area contributed by atoms with Crippen molar-refractivity contribution >= 4 is 17.7 Å². The van der Waals surface area contributed by atoms with Gasteiger partial charge in [-0.1, -0.05) is 25.8 Å². The van der Waals surface area contributed by atoms with E-state index in [1.807, 2.05) is 24.8 Å². The number of esters is 1. The van der Waals surface area contributed by atoms with E-state index < -0.39 is 47.2 Å². The first-order valence-corrected chi connectivity index (χ1v) is 20.5. The molecule has 3 aromatic rings. The van der Waals surface area contributed by atoms with Crippen LogP contribution >= 0.6 is 11.8 Å². The maximum Gasteiger partial charge on any atom is 0.331 e. The quantitative estimate of drug-likeness (QED) is 0.0925. The highest BCUT2D eigenvalue weighted by Gasteiger charge is 2.60. The number of fused-ring (bicyclic) bond motifs is 9. The molecule has 0 amide bonds. The van der Waals surface area contributed by atoms with E-state index in [0.717, 1.165) is 41.5 Å². The molecule has 1 spiro atoms. The number of aryl methyl sites for hydroxylation is 1. The van der Waals surface area contributed by atoms with Crippen LogP contribution in [-0.4, -0.2) is 91.0 Å². The van der Waals surface area contributed by atoms with Gasteiger partial charge in [-0.3, -0.25) is 10.2 Å². The summed E-state index contributed by atoms with van der Waals surface area (Å²) in [5.41, 5.74) is 4.83. The number of piperazine rings is 1. The Balaban J connectivity index is 1.27. The largest absolute Gasteiger partial charge is 0.504 e. The number of thioether (sulfide) groups is 1. The number of unbranched alkanes of at least 4 members (excludes halogenated alkanes) is 2. The first-order chi connectivity index (χ1) is 27.1. The minimum absolute atomic E-state index is 0.00153. The topological polar surface area (TPSA) is 170 Å². The Kier molecular flexibility index (Phi) is 9.61. The van der Waals surface area contributed by atoms with Crippen molar-refractivity contribution in [1.82, 2.24) is 15.5 Å². The average molecular weight is 792 g/mol. The number of phenolic OH excluding ortho intramolecular Hbond substituents is 2. The molecular weight excluding hydrogens is 743 g/mol. The number of rotatable bonds is 8. The van der Waals surface area contributed by atoms with Crippen molar-refractivity contribution in [1.29, 1.82) is 0 Å². The van der Waals surface area contributed by atoms with Crippen molar-refractivity contribution in [2.75, 3.05) is 46.5 Å². The Morgan fingerprint density at radius 3 is 2.61 bits per heavy atom. The van der Waals surface area contributed by atoms with Gasteiger partial charge >= 0.3 is 5.97 Å². The van der Waals surface area contributed by atoms with Gasteiger partial charge < -0.3 is 49.2 Å². The number of nitrogens with zero attached hydrogens (tertiary/aromatic N) is 1. The van der Waals surface area contributed by atoms with Crippen LogP contribution in [0.25, 0.3) is 0 Å². The van der Waals surface area contributed by atoms with Crippen LogP contribution in [0.4, 0.5) is 0 Å². The summed E-state index contributed by atoms with van der Waals surface area (Å²) in [7, 11) is 3.03. The molecule has 15 heteroatoms. The molecule has 2 unspecified atom stereocenters. The number of methoxy groups -OCH3 is 2. The molecule has 5 N–H and O–H groups in total. The van der Waals surface area contributed by atoms with Gasteiger partial charge in [0.1, 0.15) is 12.8 Å². The molecule has 0 saturated carbocycles. The molecule has 7 aliphatic rings. The van der Waals surface area contributed by atoms with Crippen LogP contribution in [-0.2, 0) is 32.8 Å². The minimum atomic E-state index is -1.32. The number of aliphatic hydroxyl groups is 1. The van der Waals surface area contributed by atoms with Crippen LogP contribution in [0.3, 0.4) is 0 Å². The molecule has 3 aromatic carbocycles.